The molecule has 3 aromatic rings. The highest BCUT2D eigenvalue weighted by atomic mass is 16.5. The highest BCUT2D eigenvalue weighted by molar-refractivity contribution is 6.17. The molecule has 0 spiro atoms. The van der Waals surface area contributed by atoms with Crippen molar-refractivity contribution in [3.8, 4) is 11.8 Å². The third kappa shape index (κ3) is 7.93. The molecule has 0 unspecified atom stereocenters. The summed E-state index contributed by atoms with van der Waals surface area (Å²) in [7, 11) is 0. The molecule has 0 radical (unpaired) electrons. The van der Waals surface area contributed by atoms with Crippen LogP contribution in [-0.4, -0.2) is 48.0 Å². The number of ether oxygens (including phenoxy) is 1. The van der Waals surface area contributed by atoms with Crippen molar-refractivity contribution in [1.29, 1.82) is 5.26 Å². The number of furan rings is 1. The smallest absolute Gasteiger partial charge is 0.303 e. The van der Waals surface area contributed by atoms with Crippen molar-refractivity contribution in [2.45, 2.75) is 58.8 Å². The first-order valence-corrected chi connectivity index (χ1v) is 13.1. The third-order valence-electron chi connectivity index (χ3n) is 6.34. The Morgan fingerprint density at radius 1 is 1.00 bits per heavy atom. The van der Waals surface area contributed by atoms with Gasteiger partial charge in [-0.05, 0) is 74.8 Å². The molecule has 3 rings (SSSR count). The molecule has 1 aromatic heterocycles. The van der Waals surface area contributed by atoms with E-state index < -0.39 is 5.97 Å². The molecular formula is C30H36N2O5. The minimum absolute atomic E-state index is 0.0850. The summed E-state index contributed by atoms with van der Waals surface area (Å²) in [5.41, 5.74) is 1.61. The van der Waals surface area contributed by atoms with Gasteiger partial charge in [0.2, 0.25) is 0 Å². The largest absolute Gasteiger partial charge is 0.494 e. The number of rotatable bonds is 16. The lowest BCUT2D eigenvalue weighted by Crippen LogP contribution is -2.28. The molecule has 0 fully saturated rings. The van der Waals surface area contributed by atoms with E-state index in [1.807, 2.05) is 0 Å². The Morgan fingerprint density at radius 3 is 2.30 bits per heavy atom. The molecule has 0 aliphatic carbocycles. The quantitative estimate of drug-likeness (QED) is 0.182. The number of carbonyl (C=O) groups excluding carboxylic acids is 1. The van der Waals surface area contributed by atoms with E-state index in [0.717, 1.165) is 26.1 Å². The highest BCUT2D eigenvalue weighted by Crippen LogP contribution is 2.30. The van der Waals surface area contributed by atoms with Crippen LogP contribution in [0.5, 0.6) is 5.75 Å². The van der Waals surface area contributed by atoms with Gasteiger partial charge in [0.05, 0.1) is 30.2 Å². The number of carboxylic acids is 1. The highest BCUT2D eigenvalue weighted by Gasteiger charge is 2.23. The van der Waals surface area contributed by atoms with E-state index in [1.165, 1.54) is 25.7 Å². The maximum atomic E-state index is 13.5. The number of fused-ring (bicyclic) bond motifs is 1. The first-order chi connectivity index (χ1) is 18.0. The van der Waals surface area contributed by atoms with Crippen LogP contribution in [0.25, 0.3) is 11.0 Å². The summed E-state index contributed by atoms with van der Waals surface area (Å²) in [6.07, 6.45) is 5.67. The minimum atomic E-state index is -0.975. The van der Waals surface area contributed by atoms with Gasteiger partial charge in [0, 0.05) is 23.9 Å². The van der Waals surface area contributed by atoms with Crippen LogP contribution in [0.3, 0.4) is 0 Å². The number of unbranched alkanes of at least 4 members (excludes halogenated alkanes) is 2. The minimum Gasteiger partial charge on any atom is -0.494 e. The van der Waals surface area contributed by atoms with Gasteiger partial charge < -0.3 is 19.2 Å². The van der Waals surface area contributed by atoms with Crippen LogP contribution < -0.4 is 4.74 Å². The molecule has 0 bridgehead atoms. The Kier molecular flexibility index (Phi) is 10.7. The number of ketones is 1. The Hall–Kier alpha value is -3.63. The molecule has 196 valence electrons. The molecule has 0 saturated heterocycles. The predicted molar refractivity (Wildman–Crippen MR) is 143 cm³/mol. The van der Waals surface area contributed by atoms with Crippen molar-refractivity contribution in [2.24, 2.45) is 0 Å². The van der Waals surface area contributed by atoms with Crippen molar-refractivity contribution in [2.75, 3.05) is 26.2 Å². The van der Waals surface area contributed by atoms with Gasteiger partial charge >= 0.3 is 5.97 Å². The number of carbonyl (C=O) groups is 2. The van der Waals surface area contributed by atoms with Crippen LogP contribution in [0.2, 0.25) is 0 Å². The molecule has 1 N–H and O–H groups in total. The summed E-state index contributed by atoms with van der Waals surface area (Å²) >= 11 is 0. The summed E-state index contributed by atoms with van der Waals surface area (Å²) < 4.78 is 11.7. The first-order valence-electron chi connectivity index (χ1n) is 13.1. The van der Waals surface area contributed by atoms with Crippen LogP contribution >= 0.6 is 0 Å². The maximum absolute atomic E-state index is 13.5. The van der Waals surface area contributed by atoms with E-state index in [0.29, 0.717) is 45.8 Å². The molecule has 1 heterocycles. The van der Waals surface area contributed by atoms with E-state index in [2.05, 4.69) is 24.8 Å². The van der Waals surface area contributed by atoms with Crippen LogP contribution in [0, 0.1) is 11.3 Å². The number of nitrogens with zero attached hydrogens (tertiary/aromatic N) is 2. The number of aliphatic carboxylic acids is 1. The van der Waals surface area contributed by atoms with Crippen molar-refractivity contribution in [1.82, 2.24) is 4.90 Å². The van der Waals surface area contributed by atoms with Gasteiger partial charge in [0.15, 0.2) is 5.78 Å². The number of benzene rings is 2. The molecule has 7 heteroatoms. The van der Waals surface area contributed by atoms with Crippen molar-refractivity contribution < 1.29 is 23.8 Å². The topological polar surface area (TPSA) is 104 Å². The van der Waals surface area contributed by atoms with E-state index in [9.17, 15) is 14.9 Å². The Bertz CT molecular complexity index is 1220. The van der Waals surface area contributed by atoms with Crippen LogP contribution in [0.1, 0.15) is 79.6 Å². The van der Waals surface area contributed by atoms with Crippen molar-refractivity contribution in [3.63, 3.8) is 0 Å². The maximum Gasteiger partial charge on any atom is 0.303 e. The fourth-order valence-electron chi connectivity index (χ4n) is 4.29. The lowest BCUT2D eigenvalue weighted by molar-refractivity contribution is -0.137. The second kappa shape index (κ2) is 14.2. The molecule has 0 aliphatic heterocycles. The van der Waals surface area contributed by atoms with Gasteiger partial charge in [-0.2, -0.15) is 5.26 Å². The van der Waals surface area contributed by atoms with E-state index in [1.54, 1.807) is 42.5 Å². The van der Waals surface area contributed by atoms with E-state index in [4.69, 9.17) is 14.3 Å². The van der Waals surface area contributed by atoms with Crippen LogP contribution in [-0.2, 0) is 11.2 Å². The SMILES string of the molecule is CCCCN(CCCC)CCCOc1ccc(C(=O)c2c(CCC(=O)O)oc3ccc(C#N)cc23)cc1. The van der Waals surface area contributed by atoms with Gasteiger partial charge in [0.1, 0.15) is 17.1 Å². The Labute approximate surface area is 218 Å². The molecule has 0 atom stereocenters. The van der Waals surface area contributed by atoms with Gasteiger partial charge in [-0.25, -0.2) is 0 Å². The standard InChI is InChI=1S/C30H36N2O5/c1-3-5-16-32(17-6-4-2)18-7-19-36-24-11-9-23(10-12-24)30(35)29-25-20-22(21-31)8-13-26(25)37-27(29)14-15-28(33)34/h8-13,20H,3-7,14-19H2,1-2H3,(H,33,34). The predicted octanol–water partition coefficient (Wildman–Crippen LogP) is 6.22. The number of hydrogen-bond acceptors (Lipinski definition) is 6. The van der Waals surface area contributed by atoms with Gasteiger partial charge in [0.25, 0.3) is 0 Å². The number of nitriles is 1. The van der Waals surface area contributed by atoms with E-state index in [-0.39, 0.29) is 18.6 Å². The molecule has 37 heavy (non-hydrogen) atoms. The first kappa shape index (κ1) is 27.9. The molecule has 7 nitrogen and oxygen atoms in total. The Morgan fingerprint density at radius 2 is 1.68 bits per heavy atom. The van der Waals surface area contributed by atoms with Gasteiger partial charge in [-0.3, -0.25) is 9.59 Å². The zero-order valence-electron chi connectivity index (χ0n) is 21.8. The lowest BCUT2D eigenvalue weighted by Gasteiger charge is -2.21. The zero-order valence-corrected chi connectivity index (χ0v) is 21.8. The van der Waals surface area contributed by atoms with Crippen molar-refractivity contribution in [3.05, 3.63) is 64.9 Å². The number of carboxylic acid groups (broad SMARTS) is 1. The molecule has 0 amide bonds. The van der Waals surface area contributed by atoms with Crippen molar-refractivity contribution >= 4 is 22.7 Å². The molecule has 0 saturated carbocycles. The molecule has 2 aromatic carbocycles. The van der Waals surface area contributed by atoms with Crippen LogP contribution in [0.4, 0.5) is 0 Å². The normalized spacial score (nSPS) is 11.1. The second-order valence-corrected chi connectivity index (χ2v) is 9.22. The summed E-state index contributed by atoms with van der Waals surface area (Å²) in [5, 5.41) is 18.9. The lowest BCUT2D eigenvalue weighted by atomic mass is 9.98. The zero-order chi connectivity index (χ0) is 26.6. The van der Waals surface area contributed by atoms with Crippen LogP contribution in [0.15, 0.2) is 46.9 Å². The summed E-state index contributed by atoms with van der Waals surface area (Å²) in [6, 6.07) is 13.9. The fourth-order valence-corrected chi connectivity index (χ4v) is 4.29. The fraction of sp³-hybridized carbons (Fsp3) is 0.433. The second-order valence-electron chi connectivity index (χ2n) is 9.22. The average molecular weight is 505 g/mol. The van der Waals surface area contributed by atoms with Gasteiger partial charge in [-0.15, -0.1) is 0 Å². The van der Waals surface area contributed by atoms with E-state index >= 15 is 0 Å². The molecule has 0 aliphatic rings. The summed E-state index contributed by atoms with van der Waals surface area (Å²) in [5.74, 6) is -0.242. The summed E-state index contributed by atoms with van der Waals surface area (Å²) in [6.45, 7) is 8.29. The number of hydrogen-bond donors (Lipinski definition) is 1. The monoisotopic (exact) mass is 504 g/mol. The van der Waals surface area contributed by atoms with Gasteiger partial charge in [-0.1, -0.05) is 26.7 Å². The Balaban J connectivity index is 1.68. The average Bonchev–Trinajstić information content (AvgIpc) is 3.28. The molecular weight excluding hydrogens is 468 g/mol. The third-order valence-corrected chi connectivity index (χ3v) is 6.34. The summed E-state index contributed by atoms with van der Waals surface area (Å²) in [4.78, 5) is 27.1. The number of aryl methyl sites for hydroxylation is 1.